The van der Waals surface area contributed by atoms with Crippen LogP contribution in [0.4, 0.5) is 0 Å². The number of hydrogen-bond donors (Lipinski definition) is 2. The standard InChI is InChI=1S/C16H32N2O4/c1-15(2,22-14(20)8-6-11-18)9-12-21-16(3,4)13(19)7-5-10-17/h5-12,17-18H2,1-4H3. The predicted octanol–water partition coefficient (Wildman–Crippen LogP) is 1.54. The van der Waals surface area contributed by atoms with Gasteiger partial charge in [-0.1, -0.05) is 0 Å². The summed E-state index contributed by atoms with van der Waals surface area (Å²) in [6, 6.07) is 0. The highest BCUT2D eigenvalue weighted by molar-refractivity contribution is 5.86. The van der Waals surface area contributed by atoms with E-state index < -0.39 is 11.2 Å². The van der Waals surface area contributed by atoms with Crippen molar-refractivity contribution >= 4 is 11.8 Å². The first-order valence-corrected chi connectivity index (χ1v) is 7.94. The minimum atomic E-state index is -0.838. The highest BCUT2D eigenvalue weighted by Gasteiger charge is 2.29. The minimum Gasteiger partial charge on any atom is -0.460 e. The van der Waals surface area contributed by atoms with Crippen molar-refractivity contribution in [3.8, 4) is 0 Å². The summed E-state index contributed by atoms with van der Waals surface area (Å²) in [5.74, 6) is -0.218. The molecule has 0 radical (unpaired) electrons. The summed E-state index contributed by atoms with van der Waals surface area (Å²) in [5.41, 5.74) is 9.31. The van der Waals surface area contributed by atoms with Gasteiger partial charge in [-0.2, -0.15) is 0 Å². The fourth-order valence-corrected chi connectivity index (χ4v) is 1.85. The molecule has 22 heavy (non-hydrogen) atoms. The van der Waals surface area contributed by atoms with E-state index in [2.05, 4.69) is 0 Å². The third-order valence-corrected chi connectivity index (χ3v) is 3.42. The first-order chi connectivity index (χ1) is 10.1. The summed E-state index contributed by atoms with van der Waals surface area (Å²) in [6.07, 6.45) is 2.55. The summed E-state index contributed by atoms with van der Waals surface area (Å²) >= 11 is 0. The molecule has 130 valence electrons. The molecule has 0 saturated heterocycles. The monoisotopic (exact) mass is 316 g/mol. The van der Waals surface area contributed by atoms with E-state index in [-0.39, 0.29) is 11.8 Å². The van der Waals surface area contributed by atoms with Gasteiger partial charge in [0.25, 0.3) is 0 Å². The van der Waals surface area contributed by atoms with Gasteiger partial charge in [0.1, 0.15) is 11.2 Å². The highest BCUT2D eigenvalue weighted by atomic mass is 16.6. The van der Waals surface area contributed by atoms with E-state index in [1.807, 2.05) is 13.8 Å². The van der Waals surface area contributed by atoms with Gasteiger partial charge in [0.15, 0.2) is 5.78 Å². The molecule has 6 heteroatoms. The van der Waals surface area contributed by atoms with Crippen LogP contribution in [-0.2, 0) is 19.1 Å². The van der Waals surface area contributed by atoms with Crippen LogP contribution in [0.15, 0.2) is 0 Å². The van der Waals surface area contributed by atoms with Gasteiger partial charge < -0.3 is 20.9 Å². The number of rotatable bonds is 12. The lowest BCUT2D eigenvalue weighted by Crippen LogP contribution is -2.37. The Bertz CT molecular complexity index is 354. The van der Waals surface area contributed by atoms with E-state index in [9.17, 15) is 9.59 Å². The zero-order valence-corrected chi connectivity index (χ0v) is 14.4. The number of esters is 1. The lowest BCUT2D eigenvalue weighted by molar-refractivity contribution is -0.160. The van der Waals surface area contributed by atoms with Crippen LogP contribution in [0, 0.1) is 0 Å². The first kappa shape index (κ1) is 21.0. The van der Waals surface area contributed by atoms with E-state index in [1.165, 1.54) is 0 Å². The molecule has 0 aliphatic rings. The molecule has 0 aliphatic heterocycles. The van der Waals surface area contributed by atoms with Gasteiger partial charge in [-0.25, -0.2) is 0 Å². The van der Waals surface area contributed by atoms with Crippen LogP contribution in [0.3, 0.4) is 0 Å². The summed E-state index contributed by atoms with van der Waals surface area (Å²) in [4.78, 5) is 23.6. The summed E-state index contributed by atoms with van der Waals surface area (Å²) in [6.45, 7) is 8.49. The molecule has 0 aromatic rings. The number of ether oxygens (including phenoxy) is 2. The van der Waals surface area contributed by atoms with Crippen LogP contribution in [0.25, 0.3) is 0 Å². The molecule has 0 amide bonds. The molecule has 0 atom stereocenters. The van der Waals surface area contributed by atoms with Crippen molar-refractivity contribution in [1.82, 2.24) is 0 Å². The lowest BCUT2D eigenvalue weighted by Gasteiger charge is -2.29. The number of carbonyl (C=O) groups excluding carboxylic acids is 2. The van der Waals surface area contributed by atoms with Crippen molar-refractivity contribution < 1.29 is 19.1 Å². The Balaban J connectivity index is 4.19. The van der Waals surface area contributed by atoms with Crippen LogP contribution in [0.5, 0.6) is 0 Å². The summed E-state index contributed by atoms with van der Waals surface area (Å²) in [5, 5.41) is 0. The average molecular weight is 316 g/mol. The Morgan fingerprint density at radius 3 is 2.05 bits per heavy atom. The molecule has 0 unspecified atom stereocenters. The molecule has 0 fully saturated rings. The molecule has 6 nitrogen and oxygen atoms in total. The maximum atomic E-state index is 12.0. The van der Waals surface area contributed by atoms with Gasteiger partial charge in [-0.05, 0) is 53.6 Å². The third-order valence-electron chi connectivity index (χ3n) is 3.42. The van der Waals surface area contributed by atoms with Gasteiger partial charge in [0, 0.05) is 19.3 Å². The molecule has 0 heterocycles. The maximum Gasteiger partial charge on any atom is 0.306 e. The summed E-state index contributed by atoms with van der Waals surface area (Å²) in [7, 11) is 0. The number of Topliss-reactive ketones (excluding diaryl/α,β-unsaturated/α-hetero) is 1. The number of ketones is 1. The van der Waals surface area contributed by atoms with Crippen molar-refractivity contribution in [2.75, 3.05) is 19.7 Å². The second kappa shape index (κ2) is 9.92. The molecule has 0 spiro atoms. The smallest absolute Gasteiger partial charge is 0.306 e. The Kier molecular flexibility index (Phi) is 9.48. The molecule has 0 saturated carbocycles. The Morgan fingerprint density at radius 2 is 1.50 bits per heavy atom. The van der Waals surface area contributed by atoms with Crippen molar-refractivity contribution in [3.05, 3.63) is 0 Å². The van der Waals surface area contributed by atoms with Gasteiger partial charge in [0.05, 0.1) is 6.61 Å². The van der Waals surface area contributed by atoms with Crippen LogP contribution in [-0.4, -0.2) is 42.7 Å². The quantitative estimate of drug-likeness (QED) is 0.529. The molecule has 0 bridgehead atoms. The SMILES string of the molecule is CC(C)(CCOC(C)(C)C(=O)CCCN)OC(=O)CCCN. The van der Waals surface area contributed by atoms with Crippen molar-refractivity contribution in [3.63, 3.8) is 0 Å². The predicted molar refractivity (Wildman–Crippen MR) is 86.4 cm³/mol. The molecule has 4 N–H and O–H groups in total. The van der Waals surface area contributed by atoms with E-state index in [0.717, 1.165) is 0 Å². The molecule has 0 aromatic carbocycles. The topological polar surface area (TPSA) is 105 Å². The molecular weight excluding hydrogens is 284 g/mol. The van der Waals surface area contributed by atoms with Crippen LogP contribution < -0.4 is 11.5 Å². The molecule has 0 rings (SSSR count). The largest absolute Gasteiger partial charge is 0.460 e. The van der Waals surface area contributed by atoms with E-state index >= 15 is 0 Å². The second-order valence-electron chi connectivity index (χ2n) is 6.55. The maximum absolute atomic E-state index is 12.0. The highest BCUT2D eigenvalue weighted by Crippen LogP contribution is 2.20. The van der Waals surface area contributed by atoms with Crippen LogP contribution in [0.1, 0.15) is 59.8 Å². The van der Waals surface area contributed by atoms with Crippen LogP contribution in [0.2, 0.25) is 0 Å². The zero-order chi connectivity index (χ0) is 17.2. The summed E-state index contributed by atoms with van der Waals surface area (Å²) < 4.78 is 11.1. The molecule has 0 aliphatic carbocycles. The van der Waals surface area contributed by atoms with E-state index in [4.69, 9.17) is 20.9 Å². The fraction of sp³-hybridized carbons (Fsp3) is 0.875. The number of nitrogens with two attached hydrogens (primary N) is 2. The first-order valence-electron chi connectivity index (χ1n) is 7.94. The van der Waals surface area contributed by atoms with E-state index in [0.29, 0.717) is 51.8 Å². The van der Waals surface area contributed by atoms with Gasteiger partial charge in [-0.3, -0.25) is 9.59 Å². The van der Waals surface area contributed by atoms with Crippen LogP contribution >= 0.6 is 0 Å². The molecule has 0 aromatic heterocycles. The Morgan fingerprint density at radius 1 is 0.955 bits per heavy atom. The zero-order valence-electron chi connectivity index (χ0n) is 14.4. The molecular formula is C16H32N2O4. The Hall–Kier alpha value is -0.980. The number of carbonyl (C=O) groups is 2. The number of hydrogen-bond acceptors (Lipinski definition) is 6. The Labute approximate surface area is 133 Å². The van der Waals surface area contributed by atoms with Crippen molar-refractivity contribution in [2.24, 2.45) is 11.5 Å². The average Bonchev–Trinajstić information content (AvgIpc) is 2.41. The van der Waals surface area contributed by atoms with Gasteiger partial charge >= 0.3 is 5.97 Å². The normalized spacial score (nSPS) is 12.3. The third kappa shape index (κ3) is 9.12. The van der Waals surface area contributed by atoms with Crippen molar-refractivity contribution in [1.29, 1.82) is 0 Å². The van der Waals surface area contributed by atoms with Crippen molar-refractivity contribution in [2.45, 2.75) is 71.0 Å². The minimum absolute atomic E-state index is 0.0377. The van der Waals surface area contributed by atoms with Gasteiger partial charge in [0.2, 0.25) is 0 Å². The van der Waals surface area contributed by atoms with Gasteiger partial charge in [-0.15, -0.1) is 0 Å². The van der Waals surface area contributed by atoms with E-state index in [1.54, 1.807) is 13.8 Å². The second-order valence-corrected chi connectivity index (χ2v) is 6.55. The lowest BCUT2D eigenvalue weighted by atomic mass is 9.99. The fourth-order valence-electron chi connectivity index (χ4n) is 1.85.